The van der Waals surface area contributed by atoms with Crippen LogP contribution in [0.1, 0.15) is 27.2 Å². The molecule has 3 heteroatoms. The van der Waals surface area contributed by atoms with Gasteiger partial charge in [0.05, 0.1) is 0 Å². The van der Waals surface area contributed by atoms with Gasteiger partial charge in [-0.1, -0.05) is 50.4 Å². The molecule has 0 rings (SSSR count). The Labute approximate surface area is 78.1 Å². The molecule has 2 unspecified atom stereocenters. The second-order valence-electron chi connectivity index (χ2n) is 2.88. The standard InChI is InChI=1S/C8H14Cl2O/c1-4-5(2)6(3)7(11)8(9)10/h5-6,8H,4H2,1-3H3. The van der Waals surface area contributed by atoms with Gasteiger partial charge in [0, 0.05) is 5.92 Å². The molecule has 0 heterocycles. The summed E-state index contributed by atoms with van der Waals surface area (Å²) in [6.07, 6.45) is 0.980. The van der Waals surface area contributed by atoms with Crippen LogP contribution in [0.4, 0.5) is 0 Å². The quantitative estimate of drug-likeness (QED) is 0.633. The molecule has 0 aliphatic carbocycles. The maximum Gasteiger partial charge on any atom is 0.168 e. The van der Waals surface area contributed by atoms with Crippen LogP contribution in [0.2, 0.25) is 0 Å². The second-order valence-corrected chi connectivity index (χ2v) is 3.97. The lowest BCUT2D eigenvalue weighted by molar-refractivity contribution is -0.122. The van der Waals surface area contributed by atoms with Crippen LogP contribution < -0.4 is 0 Å². The lowest BCUT2D eigenvalue weighted by Crippen LogP contribution is -2.23. The molecule has 0 aliphatic heterocycles. The van der Waals surface area contributed by atoms with E-state index in [-0.39, 0.29) is 11.7 Å². The lowest BCUT2D eigenvalue weighted by Gasteiger charge is -2.16. The average molecular weight is 197 g/mol. The van der Waals surface area contributed by atoms with Crippen LogP contribution in [0.15, 0.2) is 0 Å². The molecule has 0 saturated heterocycles. The van der Waals surface area contributed by atoms with E-state index in [1.54, 1.807) is 0 Å². The van der Waals surface area contributed by atoms with Crippen molar-refractivity contribution in [2.24, 2.45) is 11.8 Å². The fourth-order valence-corrected chi connectivity index (χ4v) is 1.23. The highest BCUT2D eigenvalue weighted by molar-refractivity contribution is 6.53. The van der Waals surface area contributed by atoms with E-state index >= 15 is 0 Å². The van der Waals surface area contributed by atoms with E-state index in [4.69, 9.17) is 23.2 Å². The molecule has 0 bridgehead atoms. The van der Waals surface area contributed by atoms with Gasteiger partial charge in [-0.3, -0.25) is 4.79 Å². The minimum Gasteiger partial charge on any atom is -0.296 e. The van der Waals surface area contributed by atoms with Gasteiger partial charge in [-0.15, -0.1) is 0 Å². The first-order valence-electron chi connectivity index (χ1n) is 3.82. The molecule has 0 N–H and O–H groups in total. The Morgan fingerprint density at radius 1 is 1.36 bits per heavy atom. The molecule has 0 saturated carbocycles. The van der Waals surface area contributed by atoms with Crippen LogP contribution in [0.3, 0.4) is 0 Å². The van der Waals surface area contributed by atoms with Gasteiger partial charge in [-0.2, -0.15) is 0 Å². The summed E-state index contributed by atoms with van der Waals surface area (Å²) in [5.74, 6) is 0.269. The normalized spacial score (nSPS) is 16.5. The maximum absolute atomic E-state index is 11.2. The Hall–Kier alpha value is 0.250. The Morgan fingerprint density at radius 2 is 1.82 bits per heavy atom. The van der Waals surface area contributed by atoms with E-state index in [0.29, 0.717) is 5.92 Å². The van der Waals surface area contributed by atoms with Gasteiger partial charge in [0.2, 0.25) is 0 Å². The molecule has 0 radical (unpaired) electrons. The summed E-state index contributed by atoms with van der Waals surface area (Å²) in [6.45, 7) is 5.94. The molecule has 0 fully saturated rings. The first kappa shape index (κ1) is 11.2. The first-order chi connectivity index (χ1) is 5.00. The van der Waals surface area contributed by atoms with Crippen molar-refractivity contribution in [2.75, 3.05) is 0 Å². The molecular weight excluding hydrogens is 183 g/mol. The lowest BCUT2D eigenvalue weighted by atomic mass is 9.90. The van der Waals surface area contributed by atoms with Crippen LogP contribution in [0.5, 0.6) is 0 Å². The fraction of sp³-hybridized carbons (Fsp3) is 0.875. The fourth-order valence-electron chi connectivity index (χ4n) is 0.833. The van der Waals surface area contributed by atoms with E-state index in [0.717, 1.165) is 6.42 Å². The molecule has 11 heavy (non-hydrogen) atoms. The second kappa shape index (κ2) is 5.00. The Bertz CT molecular complexity index is 134. The maximum atomic E-state index is 11.2. The summed E-state index contributed by atoms with van der Waals surface area (Å²) in [6, 6.07) is 0. The van der Waals surface area contributed by atoms with Crippen molar-refractivity contribution < 1.29 is 4.79 Å². The van der Waals surface area contributed by atoms with Crippen LogP contribution >= 0.6 is 23.2 Å². The van der Waals surface area contributed by atoms with Gasteiger partial charge < -0.3 is 0 Å². The minimum absolute atomic E-state index is 0.0278. The third-order valence-corrected chi connectivity index (χ3v) is 2.59. The third-order valence-electron chi connectivity index (χ3n) is 2.16. The molecule has 0 spiro atoms. The molecular formula is C8H14Cl2O. The SMILES string of the molecule is CCC(C)C(C)C(=O)C(Cl)Cl. The Kier molecular flexibility index (Phi) is 5.11. The van der Waals surface area contributed by atoms with Gasteiger partial charge >= 0.3 is 0 Å². The highest BCUT2D eigenvalue weighted by atomic mass is 35.5. The van der Waals surface area contributed by atoms with Gasteiger partial charge in [0.25, 0.3) is 0 Å². The Morgan fingerprint density at radius 3 is 2.09 bits per heavy atom. The number of ketones is 1. The van der Waals surface area contributed by atoms with Crippen molar-refractivity contribution >= 4 is 29.0 Å². The van der Waals surface area contributed by atoms with Crippen LogP contribution in [0, 0.1) is 11.8 Å². The summed E-state index contributed by atoms with van der Waals surface area (Å²) >= 11 is 10.9. The van der Waals surface area contributed by atoms with Gasteiger partial charge in [-0.05, 0) is 5.92 Å². The van der Waals surface area contributed by atoms with Crippen molar-refractivity contribution in [2.45, 2.75) is 32.0 Å². The smallest absolute Gasteiger partial charge is 0.168 e. The number of carbonyl (C=O) groups excluding carboxylic acids is 1. The van der Waals surface area contributed by atoms with E-state index in [1.165, 1.54) is 0 Å². The van der Waals surface area contributed by atoms with Crippen molar-refractivity contribution in [1.82, 2.24) is 0 Å². The number of alkyl halides is 2. The first-order valence-corrected chi connectivity index (χ1v) is 4.69. The van der Waals surface area contributed by atoms with E-state index < -0.39 is 4.84 Å². The number of carbonyl (C=O) groups is 1. The van der Waals surface area contributed by atoms with Crippen molar-refractivity contribution in [3.05, 3.63) is 0 Å². The number of halogens is 2. The highest BCUT2D eigenvalue weighted by Gasteiger charge is 2.23. The van der Waals surface area contributed by atoms with Gasteiger partial charge in [0.15, 0.2) is 10.6 Å². The molecule has 0 aliphatic rings. The highest BCUT2D eigenvalue weighted by Crippen LogP contribution is 2.20. The molecule has 0 aromatic heterocycles. The number of hydrogen-bond donors (Lipinski definition) is 0. The van der Waals surface area contributed by atoms with Gasteiger partial charge in [0.1, 0.15) is 0 Å². The molecule has 66 valence electrons. The molecule has 0 aromatic carbocycles. The van der Waals surface area contributed by atoms with E-state index in [9.17, 15) is 4.79 Å². The number of Topliss-reactive ketones (excluding diaryl/α,β-unsaturated/α-hetero) is 1. The molecule has 0 amide bonds. The summed E-state index contributed by atoms with van der Waals surface area (Å²) < 4.78 is 0. The zero-order valence-corrected chi connectivity index (χ0v) is 8.62. The predicted molar refractivity (Wildman–Crippen MR) is 49.1 cm³/mol. The van der Waals surface area contributed by atoms with E-state index in [2.05, 4.69) is 0 Å². The zero-order chi connectivity index (χ0) is 9.02. The van der Waals surface area contributed by atoms with Crippen LogP contribution in [0.25, 0.3) is 0 Å². The van der Waals surface area contributed by atoms with Crippen LogP contribution in [-0.4, -0.2) is 10.6 Å². The molecule has 0 aromatic rings. The minimum atomic E-state index is -0.862. The predicted octanol–water partition coefficient (Wildman–Crippen LogP) is 3.04. The van der Waals surface area contributed by atoms with Crippen molar-refractivity contribution in [1.29, 1.82) is 0 Å². The topological polar surface area (TPSA) is 17.1 Å². The summed E-state index contributed by atoms with van der Waals surface area (Å²) in [4.78, 5) is 10.3. The monoisotopic (exact) mass is 196 g/mol. The third kappa shape index (κ3) is 3.44. The van der Waals surface area contributed by atoms with E-state index in [1.807, 2.05) is 20.8 Å². The van der Waals surface area contributed by atoms with Crippen molar-refractivity contribution in [3.8, 4) is 0 Å². The number of rotatable bonds is 4. The summed E-state index contributed by atoms with van der Waals surface area (Å²) in [7, 11) is 0. The summed E-state index contributed by atoms with van der Waals surface area (Å²) in [5, 5.41) is 0. The molecule has 1 nitrogen and oxygen atoms in total. The molecule has 2 atom stereocenters. The Balaban J connectivity index is 4.02. The largest absolute Gasteiger partial charge is 0.296 e. The zero-order valence-electron chi connectivity index (χ0n) is 7.10. The number of hydrogen-bond acceptors (Lipinski definition) is 1. The van der Waals surface area contributed by atoms with Gasteiger partial charge in [-0.25, -0.2) is 0 Å². The summed E-state index contributed by atoms with van der Waals surface area (Å²) in [5.41, 5.74) is 0. The van der Waals surface area contributed by atoms with Crippen LogP contribution in [-0.2, 0) is 4.79 Å². The average Bonchev–Trinajstić information content (AvgIpc) is 2.00. The van der Waals surface area contributed by atoms with Crippen molar-refractivity contribution in [3.63, 3.8) is 0 Å².